The van der Waals surface area contributed by atoms with Crippen LogP contribution in [-0.2, 0) is 4.74 Å². The maximum Gasteiger partial charge on any atom is 0.119 e. The fourth-order valence-electron chi connectivity index (χ4n) is 1.34. The molecule has 2 atom stereocenters. The van der Waals surface area contributed by atoms with Gasteiger partial charge in [0, 0.05) is 6.61 Å². The molecular formula is C13H20O4. The normalized spacial score (nSPS) is 14.4. The highest BCUT2D eigenvalue weighted by atomic mass is 16.5. The molecule has 96 valence electrons. The van der Waals surface area contributed by atoms with E-state index in [-0.39, 0.29) is 13.2 Å². The van der Waals surface area contributed by atoms with E-state index >= 15 is 0 Å². The van der Waals surface area contributed by atoms with Crippen LogP contribution < -0.4 is 4.74 Å². The standard InChI is InChI=1S/C13H20O4/c1-3-16-8-12(15)9-17-13-6-4-11(5-7-13)10(2)14/h4-7,10,12,14-15H,3,8-9H2,1-2H3/t10-,12?/m0/s1. The monoisotopic (exact) mass is 240 g/mol. The Bertz CT molecular complexity index is 308. The zero-order valence-electron chi connectivity index (χ0n) is 10.3. The van der Waals surface area contributed by atoms with E-state index in [0.717, 1.165) is 5.56 Å². The minimum atomic E-state index is -0.619. The number of ether oxygens (including phenoxy) is 2. The molecule has 0 saturated carbocycles. The highest BCUT2D eigenvalue weighted by Gasteiger charge is 2.05. The summed E-state index contributed by atoms with van der Waals surface area (Å²) < 4.78 is 10.5. The minimum absolute atomic E-state index is 0.202. The van der Waals surface area contributed by atoms with E-state index in [4.69, 9.17) is 9.47 Å². The van der Waals surface area contributed by atoms with Crippen LogP contribution in [0.3, 0.4) is 0 Å². The first-order chi connectivity index (χ1) is 8.13. The van der Waals surface area contributed by atoms with Crippen LogP contribution in [0, 0.1) is 0 Å². The van der Waals surface area contributed by atoms with Gasteiger partial charge in [-0.15, -0.1) is 0 Å². The third-order valence-electron chi connectivity index (χ3n) is 2.32. The summed E-state index contributed by atoms with van der Waals surface area (Å²) >= 11 is 0. The molecule has 1 rings (SSSR count). The molecule has 0 aliphatic rings. The van der Waals surface area contributed by atoms with E-state index < -0.39 is 12.2 Å². The lowest BCUT2D eigenvalue weighted by Crippen LogP contribution is -2.23. The van der Waals surface area contributed by atoms with Crippen molar-refractivity contribution >= 4 is 0 Å². The first kappa shape index (κ1) is 14.0. The summed E-state index contributed by atoms with van der Waals surface area (Å²) in [6, 6.07) is 7.15. The third-order valence-corrected chi connectivity index (χ3v) is 2.32. The van der Waals surface area contributed by atoms with Crippen LogP contribution in [0.15, 0.2) is 24.3 Å². The second-order valence-electron chi connectivity index (χ2n) is 3.87. The number of hydrogen-bond donors (Lipinski definition) is 2. The molecule has 0 radical (unpaired) electrons. The van der Waals surface area contributed by atoms with Gasteiger partial charge in [-0.25, -0.2) is 0 Å². The van der Waals surface area contributed by atoms with Crippen LogP contribution in [-0.4, -0.2) is 36.1 Å². The van der Waals surface area contributed by atoms with Gasteiger partial charge in [-0.3, -0.25) is 0 Å². The van der Waals surface area contributed by atoms with Crippen molar-refractivity contribution in [3.63, 3.8) is 0 Å². The molecule has 4 heteroatoms. The molecule has 4 nitrogen and oxygen atoms in total. The molecule has 0 amide bonds. The van der Waals surface area contributed by atoms with Crippen molar-refractivity contribution < 1.29 is 19.7 Å². The molecule has 0 aromatic heterocycles. The fourth-order valence-corrected chi connectivity index (χ4v) is 1.34. The van der Waals surface area contributed by atoms with Crippen LogP contribution in [0.5, 0.6) is 5.75 Å². The number of hydrogen-bond acceptors (Lipinski definition) is 4. The van der Waals surface area contributed by atoms with E-state index in [0.29, 0.717) is 12.4 Å². The van der Waals surface area contributed by atoms with E-state index in [1.54, 1.807) is 31.2 Å². The Morgan fingerprint density at radius 3 is 2.29 bits per heavy atom. The van der Waals surface area contributed by atoms with Crippen molar-refractivity contribution in [2.75, 3.05) is 19.8 Å². The molecule has 0 saturated heterocycles. The summed E-state index contributed by atoms with van der Waals surface area (Å²) in [5.41, 5.74) is 0.840. The van der Waals surface area contributed by atoms with Gasteiger partial charge in [0.15, 0.2) is 0 Å². The van der Waals surface area contributed by atoms with Gasteiger partial charge in [0.25, 0.3) is 0 Å². The summed E-state index contributed by atoms with van der Waals surface area (Å²) in [6.07, 6.45) is -1.10. The van der Waals surface area contributed by atoms with Crippen molar-refractivity contribution in [3.05, 3.63) is 29.8 Å². The predicted octanol–water partition coefficient (Wildman–Crippen LogP) is 1.52. The third kappa shape index (κ3) is 5.17. The molecule has 1 unspecified atom stereocenters. The van der Waals surface area contributed by atoms with Crippen molar-refractivity contribution in [2.45, 2.75) is 26.1 Å². The van der Waals surface area contributed by atoms with Crippen LogP contribution in [0.25, 0.3) is 0 Å². The SMILES string of the molecule is CCOCC(O)COc1ccc([C@H](C)O)cc1. The van der Waals surface area contributed by atoms with Gasteiger partial charge in [-0.2, -0.15) is 0 Å². The van der Waals surface area contributed by atoms with Crippen molar-refractivity contribution in [2.24, 2.45) is 0 Å². The van der Waals surface area contributed by atoms with Gasteiger partial charge in [0.2, 0.25) is 0 Å². The lowest BCUT2D eigenvalue weighted by atomic mass is 10.1. The van der Waals surface area contributed by atoms with Crippen LogP contribution in [0.4, 0.5) is 0 Å². The van der Waals surface area contributed by atoms with Gasteiger partial charge in [-0.05, 0) is 31.5 Å². The second kappa shape index (κ2) is 7.27. The fraction of sp³-hybridized carbons (Fsp3) is 0.538. The van der Waals surface area contributed by atoms with Gasteiger partial charge in [-0.1, -0.05) is 12.1 Å². The Kier molecular flexibility index (Phi) is 5.97. The maximum absolute atomic E-state index is 9.49. The summed E-state index contributed by atoms with van der Waals surface area (Å²) in [6.45, 7) is 4.65. The highest BCUT2D eigenvalue weighted by molar-refractivity contribution is 5.28. The summed E-state index contributed by atoms with van der Waals surface area (Å²) in [7, 11) is 0. The first-order valence-corrected chi connectivity index (χ1v) is 5.80. The summed E-state index contributed by atoms with van der Waals surface area (Å²) in [5, 5.41) is 18.8. The van der Waals surface area contributed by atoms with E-state index in [2.05, 4.69) is 0 Å². The zero-order chi connectivity index (χ0) is 12.7. The molecule has 0 aliphatic heterocycles. The largest absolute Gasteiger partial charge is 0.491 e. The van der Waals surface area contributed by atoms with E-state index in [1.807, 2.05) is 6.92 Å². The Hall–Kier alpha value is -1.10. The number of benzene rings is 1. The van der Waals surface area contributed by atoms with E-state index in [1.165, 1.54) is 0 Å². The Morgan fingerprint density at radius 1 is 1.12 bits per heavy atom. The Balaban J connectivity index is 2.36. The molecule has 2 N–H and O–H groups in total. The molecule has 0 aliphatic carbocycles. The zero-order valence-corrected chi connectivity index (χ0v) is 10.3. The van der Waals surface area contributed by atoms with E-state index in [9.17, 15) is 10.2 Å². The van der Waals surface area contributed by atoms with Crippen LogP contribution >= 0.6 is 0 Å². The van der Waals surface area contributed by atoms with Crippen molar-refractivity contribution in [1.82, 2.24) is 0 Å². The summed E-state index contributed by atoms with van der Waals surface area (Å²) in [5.74, 6) is 0.671. The highest BCUT2D eigenvalue weighted by Crippen LogP contribution is 2.17. The number of aliphatic hydroxyl groups is 2. The first-order valence-electron chi connectivity index (χ1n) is 5.80. The summed E-state index contributed by atoms with van der Waals surface area (Å²) in [4.78, 5) is 0. The van der Waals surface area contributed by atoms with Crippen LogP contribution in [0.2, 0.25) is 0 Å². The molecule has 1 aromatic rings. The quantitative estimate of drug-likeness (QED) is 0.758. The topological polar surface area (TPSA) is 58.9 Å². The van der Waals surface area contributed by atoms with Gasteiger partial charge < -0.3 is 19.7 Å². The molecule has 0 heterocycles. The second-order valence-corrected chi connectivity index (χ2v) is 3.87. The molecule has 0 spiro atoms. The maximum atomic E-state index is 9.49. The average Bonchev–Trinajstić information content (AvgIpc) is 2.34. The van der Waals surface area contributed by atoms with Crippen molar-refractivity contribution in [3.8, 4) is 5.75 Å². The lowest BCUT2D eigenvalue weighted by Gasteiger charge is -2.12. The molecule has 17 heavy (non-hydrogen) atoms. The average molecular weight is 240 g/mol. The van der Waals surface area contributed by atoms with Gasteiger partial charge in [0.05, 0.1) is 12.7 Å². The Morgan fingerprint density at radius 2 is 1.76 bits per heavy atom. The Labute approximate surface area is 102 Å². The molecular weight excluding hydrogens is 220 g/mol. The van der Waals surface area contributed by atoms with Crippen LogP contribution in [0.1, 0.15) is 25.5 Å². The minimum Gasteiger partial charge on any atom is -0.491 e. The van der Waals surface area contributed by atoms with Gasteiger partial charge >= 0.3 is 0 Å². The molecule has 0 fully saturated rings. The van der Waals surface area contributed by atoms with Gasteiger partial charge in [0.1, 0.15) is 18.5 Å². The number of aliphatic hydroxyl groups excluding tert-OH is 2. The van der Waals surface area contributed by atoms with Crippen molar-refractivity contribution in [1.29, 1.82) is 0 Å². The number of rotatable bonds is 7. The lowest BCUT2D eigenvalue weighted by molar-refractivity contribution is 0.0164. The molecule has 0 bridgehead atoms. The smallest absolute Gasteiger partial charge is 0.119 e. The predicted molar refractivity (Wildman–Crippen MR) is 65.1 cm³/mol. The molecule has 1 aromatic carbocycles.